The number of amidine groups is 2. The minimum atomic E-state index is -0.640. The van der Waals surface area contributed by atoms with Crippen LogP contribution in [0.25, 0.3) is 0 Å². The maximum Gasteiger partial charge on any atom is 0.259 e. The molecule has 0 unspecified atom stereocenters. The zero-order valence-corrected chi connectivity index (χ0v) is 18.5. The summed E-state index contributed by atoms with van der Waals surface area (Å²) in [4.78, 5) is 36.5. The summed E-state index contributed by atoms with van der Waals surface area (Å²) < 4.78 is 14.0. The number of carbonyl (C=O) groups is 2. The Morgan fingerprint density at radius 2 is 2.10 bits per heavy atom. The molecule has 2 aliphatic rings. The van der Waals surface area contributed by atoms with E-state index in [9.17, 15) is 14.0 Å². The molecule has 0 spiro atoms. The van der Waals surface area contributed by atoms with E-state index in [1.807, 2.05) is 31.2 Å². The minimum absolute atomic E-state index is 0.0419. The Labute approximate surface area is 188 Å². The van der Waals surface area contributed by atoms with E-state index in [0.717, 1.165) is 29.8 Å². The van der Waals surface area contributed by atoms with Crippen LogP contribution in [0.2, 0.25) is 5.02 Å². The number of anilines is 1. The number of nitrogens with zero attached hydrogens (tertiary/aromatic N) is 3. The maximum atomic E-state index is 14.0. The highest BCUT2D eigenvalue weighted by Crippen LogP contribution is 2.35. The molecule has 0 bridgehead atoms. The van der Waals surface area contributed by atoms with Crippen molar-refractivity contribution < 1.29 is 14.0 Å². The lowest BCUT2D eigenvalue weighted by Gasteiger charge is -2.26. The molecule has 6 nitrogen and oxygen atoms in total. The van der Waals surface area contributed by atoms with Gasteiger partial charge < -0.3 is 5.32 Å². The zero-order valence-electron chi connectivity index (χ0n) is 16.9. The van der Waals surface area contributed by atoms with Crippen LogP contribution in [0, 0.1) is 5.82 Å². The van der Waals surface area contributed by atoms with E-state index in [4.69, 9.17) is 11.6 Å². The molecule has 2 amide bonds. The van der Waals surface area contributed by atoms with E-state index < -0.39 is 23.0 Å². The van der Waals surface area contributed by atoms with E-state index in [0.29, 0.717) is 23.1 Å². The first kappa shape index (κ1) is 21.5. The molecule has 2 aliphatic heterocycles. The highest BCUT2D eigenvalue weighted by molar-refractivity contribution is 8.15. The van der Waals surface area contributed by atoms with Crippen LogP contribution in [-0.2, 0) is 9.59 Å². The molecule has 1 N–H and O–H groups in total. The number of halogens is 2. The number of hydrogen-bond donors (Lipinski definition) is 1. The Morgan fingerprint density at radius 3 is 2.84 bits per heavy atom. The van der Waals surface area contributed by atoms with Crippen molar-refractivity contribution in [1.29, 1.82) is 0 Å². The van der Waals surface area contributed by atoms with Gasteiger partial charge in [0.25, 0.3) is 5.91 Å². The Hall–Kier alpha value is -2.71. The van der Waals surface area contributed by atoms with Gasteiger partial charge >= 0.3 is 0 Å². The second-order valence-electron chi connectivity index (χ2n) is 7.22. The van der Waals surface area contributed by atoms with Gasteiger partial charge in [-0.05, 0) is 43.7 Å². The molecule has 31 heavy (non-hydrogen) atoms. The monoisotopic (exact) mass is 458 g/mol. The summed E-state index contributed by atoms with van der Waals surface area (Å²) >= 11 is 6.90. The van der Waals surface area contributed by atoms with Gasteiger partial charge in [-0.1, -0.05) is 48.8 Å². The number of thioether (sulfide) groups is 1. The molecule has 0 aromatic heterocycles. The number of hydrogen-bond acceptors (Lipinski definition) is 5. The Kier molecular flexibility index (Phi) is 6.11. The molecule has 0 aliphatic carbocycles. The second-order valence-corrected chi connectivity index (χ2v) is 8.96. The summed E-state index contributed by atoms with van der Waals surface area (Å²) in [5.41, 5.74) is 1.53. The third-order valence-corrected chi connectivity index (χ3v) is 6.24. The Morgan fingerprint density at radius 1 is 1.32 bits per heavy atom. The summed E-state index contributed by atoms with van der Waals surface area (Å²) in [6.07, 6.45) is 1.47. The number of carbonyl (C=O) groups excluding carboxylic acids is 2. The van der Waals surface area contributed by atoms with Crippen LogP contribution >= 0.6 is 23.4 Å². The summed E-state index contributed by atoms with van der Waals surface area (Å²) in [5, 5.41) is 2.56. The summed E-state index contributed by atoms with van der Waals surface area (Å²) in [7, 11) is 0. The van der Waals surface area contributed by atoms with Crippen molar-refractivity contribution in [2.75, 3.05) is 5.32 Å². The standard InChI is InChI=1S/C22H20ClFN4O2S/c1-3-6-18-21(30)28-19(25-18)14-7-4-5-8-16(14)27-22(28)31-12(2)20(29)26-17-10-9-13(23)11-15(17)24/h4-5,7-12,18H,3,6H2,1-2H3,(H,26,29)/t12-,18+/m1/s1. The van der Waals surface area contributed by atoms with Gasteiger partial charge in [-0.15, -0.1) is 0 Å². The molecule has 9 heteroatoms. The number of para-hydroxylation sites is 1. The molecule has 2 aromatic carbocycles. The number of aliphatic imine (C=N–C) groups is 2. The predicted molar refractivity (Wildman–Crippen MR) is 123 cm³/mol. The first-order chi connectivity index (χ1) is 14.9. The third kappa shape index (κ3) is 4.22. The molecule has 2 aromatic rings. The average Bonchev–Trinajstić information content (AvgIpc) is 3.07. The largest absolute Gasteiger partial charge is 0.323 e. The van der Waals surface area contributed by atoms with Gasteiger partial charge in [0.15, 0.2) is 5.17 Å². The predicted octanol–water partition coefficient (Wildman–Crippen LogP) is 5.00. The van der Waals surface area contributed by atoms with Gasteiger partial charge in [-0.25, -0.2) is 14.3 Å². The van der Waals surface area contributed by atoms with Crippen molar-refractivity contribution in [1.82, 2.24) is 4.90 Å². The molecule has 160 valence electrons. The van der Waals surface area contributed by atoms with Crippen molar-refractivity contribution in [3.05, 3.63) is 58.9 Å². The average molecular weight is 459 g/mol. The van der Waals surface area contributed by atoms with Gasteiger partial charge in [-0.3, -0.25) is 14.6 Å². The zero-order chi connectivity index (χ0) is 22.1. The van der Waals surface area contributed by atoms with E-state index in [2.05, 4.69) is 15.3 Å². The van der Waals surface area contributed by atoms with Crippen LogP contribution in [0.4, 0.5) is 15.8 Å². The van der Waals surface area contributed by atoms with E-state index in [1.165, 1.54) is 17.0 Å². The van der Waals surface area contributed by atoms with Gasteiger partial charge in [-0.2, -0.15) is 0 Å². The quantitative estimate of drug-likeness (QED) is 0.685. The fourth-order valence-corrected chi connectivity index (χ4v) is 4.45. The third-order valence-electron chi connectivity index (χ3n) is 4.95. The molecular weight excluding hydrogens is 439 g/mol. The van der Waals surface area contributed by atoms with Gasteiger partial charge in [0, 0.05) is 10.6 Å². The number of rotatable bonds is 5. The van der Waals surface area contributed by atoms with Crippen molar-refractivity contribution in [3.63, 3.8) is 0 Å². The number of nitrogens with one attached hydrogen (secondary N) is 1. The topological polar surface area (TPSA) is 74.1 Å². The van der Waals surface area contributed by atoms with E-state index in [-0.39, 0.29) is 16.6 Å². The van der Waals surface area contributed by atoms with Crippen LogP contribution in [0.3, 0.4) is 0 Å². The van der Waals surface area contributed by atoms with Crippen LogP contribution in [-0.4, -0.2) is 39.0 Å². The van der Waals surface area contributed by atoms with Gasteiger partial charge in [0.05, 0.1) is 16.6 Å². The van der Waals surface area contributed by atoms with Crippen molar-refractivity contribution in [3.8, 4) is 0 Å². The molecule has 0 fully saturated rings. The second kappa shape index (κ2) is 8.80. The SMILES string of the molecule is CCC[C@@H]1N=C2c3ccccc3N=C(S[C@H](C)C(=O)Nc3ccc(Cl)cc3F)N2C1=O. The highest BCUT2D eigenvalue weighted by atomic mass is 35.5. The number of amides is 2. The molecule has 2 atom stereocenters. The summed E-state index contributed by atoms with van der Waals surface area (Å²) in [6, 6.07) is 11.1. The first-order valence-electron chi connectivity index (χ1n) is 9.91. The fourth-order valence-electron chi connectivity index (χ4n) is 3.38. The molecular formula is C22H20ClFN4O2S. The van der Waals surface area contributed by atoms with Crippen LogP contribution in [0.5, 0.6) is 0 Å². The van der Waals surface area contributed by atoms with Crippen molar-refractivity contribution in [2.24, 2.45) is 9.98 Å². The van der Waals surface area contributed by atoms with Crippen molar-refractivity contribution >= 4 is 57.6 Å². The Balaban J connectivity index is 1.58. The molecule has 0 radical (unpaired) electrons. The van der Waals surface area contributed by atoms with Gasteiger partial charge in [0.1, 0.15) is 17.7 Å². The fraction of sp³-hybridized carbons (Fsp3) is 0.273. The summed E-state index contributed by atoms with van der Waals surface area (Å²) in [6.45, 7) is 3.68. The highest BCUT2D eigenvalue weighted by Gasteiger charge is 2.41. The van der Waals surface area contributed by atoms with Crippen molar-refractivity contribution in [2.45, 2.75) is 38.0 Å². The molecule has 0 saturated heterocycles. The lowest BCUT2D eigenvalue weighted by molar-refractivity contribution is -0.124. The van der Waals surface area contributed by atoms with Crippen LogP contribution in [0.15, 0.2) is 52.4 Å². The van der Waals surface area contributed by atoms with Crippen LogP contribution in [0.1, 0.15) is 32.3 Å². The lowest BCUT2D eigenvalue weighted by atomic mass is 10.1. The maximum absolute atomic E-state index is 14.0. The molecule has 0 saturated carbocycles. The molecule has 4 rings (SSSR count). The first-order valence-corrected chi connectivity index (χ1v) is 11.2. The molecule has 2 heterocycles. The van der Waals surface area contributed by atoms with Crippen LogP contribution < -0.4 is 5.32 Å². The number of benzene rings is 2. The normalized spacial score (nSPS) is 18.1. The van der Waals surface area contributed by atoms with Gasteiger partial charge in [0.2, 0.25) is 5.91 Å². The minimum Gasteiger partial charge on any atom is -0.323 e. The summed E-state index contributed by atoms with van der Waals surface area (Å²) in [5.74, 6) is -0.613. The van der Waals surface area contributed by atoms with E-state index in [1.54, 1.807) is 6.92 Å². The van der Waals surface area contributed by atoms with E-state index >= 15 is 0 Å². The Bertz CT molecular complexity index is 1120. The number of fused-ring (bicyclic) bond motifs is 3. The lowest BCUT2D eigenvalue weighted by Crippen LogP contribution is -2.42. The smallest absolute Gasteiger partial charge is 0.259 e.